The van der Waals surface area contributed by atoms with Crippen LogP contribution in [0, 0.1) is 0 Å². The van der Waals surface area contributed by atoms with Gasteiger partial charge in [0.15, 0.2) is 0 Å². The van der Waals surface area contributed by atoms with Crippen LogP contribution in [0.4, 0.5) is 0 Å². The Morgan fingerprint density at radius 3 is 2.64 bits per heavy atom. The molecule has 0 aromatic heterocycles. The highest BCUT2D eigenvalue weighted by Gasteiger charge is 2.23. The van der Waals surface area contributed by atoms with E-state index in [0.717, 1.165) is 30.0 Å². The molecule has 1 fully saturated rings. The van der Waals surface area contributed by atoms with Gasteiger partial charge in [-0.2, -0.15) is 0 Å². The van der Waals surface area contributed by atoms with Crippen molar-refractivity contribution in [2.45, 2.75) is 25.0 Å². The number of nitrogens with two attached hydrogens (primary N) is 1. The first-order valence-corrected chi connectivity index (χ1v) is 5.28. The lowest BCUT2D eigenvalue weighted by molar-refractivity contribution is 0.0900. The Labute approximate surface area is 89.0 Å². The summed E-state index contributed by atoms with van der Waals surface area (Å²) in [5, 5.41) is 0.744. The molecule has 14 heavy (non-hydrogen) atoms. The smallest absolute Gasteiger partial charge is 0.0768 e. The van der Waals surface area contributed by atoms with E-state index in [-0.39, 0.29) is 12.1 Å². The highest BCUT2D eigenvalue weighted by Crippen LogP contribution is 2.25. The maximum atomic E-state index is 6.08. The standard InChI is InChI=1S/C11H14ClNO/c12-9-5-3-8(4-6-9)11(13)10-2-1-7-14-10/h3-6,10-11H,1-2,7,13H2. The van der Waals surface area contributed by atoms with Gasteiger partial charge in [-0.3, -0.25) is 0 Å². The van der Waals surface area contributed by atoms with Crippen molar-refractivity contribution < 1.29 is 4.74 Å². The van der Waals surface area contributed by atoms with E-state index in [4.69, 9.17) is 22.1 Å². The zero-order chi connectivity index (χ0) is 9.97. The van der Waals surface area contributed by atoms with Crippen LogP contribution in [0.3, 0.4) is 0 Å². The first-order valence-electron chi connectivity index (χ1n) is 4.90. The summed E-state index contributed by atoms with van der Waals surface area (Å²) in [4.78, 5) is 0. The second kappa shape index (κ2) is 4.30. The van der Waals surface area contributed by atoms with Gasteiger partial charge in [0.05, 0.1) is 12.1 Å². The highest BCUT2D eigenvalue weighted by molar-refractivity contribution is 6.30. The first kappa shape index (κ1) is 9.97. The average Bonchev–Trinajstić information content (AvgIpc) is 2.71. The predicted octanol–water partition coefficient (Wildman–Crippen LogP) is 2.52. The van der Waals surface area contributed by atoms with Crippen LogP contribution in [-0.4, -0.2) is 12.7 Å². The molecule has 3 heteroatoms. The number of halogens is 1. The molecule has 1 aliphatic heterocycles. The van der Waals surface area contributed by atoms with Gasteiger partial charge in [-0.05, 0) is 30.5 Å². The SMILES string of the molecule is NC(c1ccc(Cl)cc1)C1CCCO1. The zero-order valence-corrected chi connectivity index (χ0v) is 8.70. The molecule has 0 spiro atoms. The van der Waals surface area contributed by atoms with Crippen molar-refractivity contribution in [2.24, 2.45) is 5.73 Å². The Morgan fingerprint density at radius 2 is 2.07 bits per heavy atom. The summed E-state index contributed by atoms with van der Waals surface area (Å²) < 4.78 is 5.54. The Balaban J connectivity index is 2.09. The van der Waals surface area contributed by atoms with Crippen LogP contribution < -0.4 is 5.73 Å². The molecule has 2 unspecified atom stereocenters. The lowest BCUT2D eigenvalue weighted by Crippen LogP contribution is -2.25. The number of hydrogen-bond donors (Lipinski definition) is 1. The van der Waals surface area contributed by atoms with E-state index in [2.05, 4.69) is 0 Å². The van der Waals surface area contributed by atoms with E-state index in [1.54, 1.807) is 0 Å². The van der Waals surface area contributed by atoms with E-state index in [1.807, 2.05) is 24.3 Å². The van der Waals surface area contributed by atoms with Crippen LogP contribution >= 0.6 is 11.6 Å². The van der Waals surface area contributed by atoms with Gasteiger partial charge < -0.3 is 10.5 Å². The molecular weight excluding hydrogens is 198 g/mol. The molecule has 1 saturated heterocycles. The molecule has 2 N–H and O–H groups in total. The minimum atomic E-state index is -0.0187. The molecule has 1 aromatic carbocycles. The van der Waals surface area contributed by atoms with E-state index in [9.17, 15) is 0 Å². The number of benzene rings is 1. The van der Waals surface area contributed by atoms with Gasteiger partial charge >= 0.3 is 0 Å². The normalized spacial score (nSPS) is 23.7. The van der Waals surface area contributed by atoms with Gasteiger partial charge in [-0.15, -0.1) is 0 Å². The van der Waals surface area contributed by atoms with Crippen molar-refractivity contribution in [3.05, 3.63) is 34.9 Å². The van der Waals surface area contributed by atoms with Crippen molar-refractivity contribution in [3.63, 3.8) is 0 Å². The third-order valence-corrected chi connectivity index (χ3v) is 2.87. The maximum absolute atomic E-state index is 6.08. The lowest BCUT2D eigenvalue weighted by Gasteiger charge is -2.18. The van der Waals surface area contributed by atoms with Gasteiger partial charge in [-0.1, -0.05) is 23.7 Å². The molecule has 1 aromatic rings. The molecule has 0 amide bonds. The van der Waals surface area contributed by atoms with Gasteiger partial charge in [0.1, 0.15) is 0 Å². The second-order valence-electron chi connectivity index (χ2n) is 3.63. The molecule has 0 radical (unpaired) electrons. The molecule has 0 saturated carbocycles. The van der Waals surface area contributed by atoms with E-state index >= 15 is 0 Å². The Bertz CT molecular complexity index is 293. The summed E-state index contributed by atoms with van der Waals surface area (Å²) in [7, 11) is 0. The summed E-state index contributed by atoms with van der Waals surface area (Å²) in [6.07, 6.45) is 2.35. The molecule has 1 heterocycles. The maximum Gasteiger partial charge on any atom is 0.0768 e. The largest absolute Gasteiger partial charge is 0.376 e. The fourth-order valence-corrected chi connectivity index (χ4v) is 1.91. The highest BCUT2D eigenvalue weighted by atomic mass is 35.5. The minimum Gasteiger partial charge on any atom is -0.376 e. The van der Waals surface area contributed by atoms with Crippen molar-refractivity contribution in [3.8, 4) is 0 Å². The zero-order valence-electron chi connectivity index (χ0n) is 7.95. The van der Waals surface area contributed by atoms with Gasteiger partial charge in [-0.25, -0.2) is 0 Å². The summed E-state index contributed by atoms with van der Waals surface area (Å²) in [6.45, 7) is 0.839. The molecule has 76 valence electrons. The van der Waals surface area contributed by atoms with Crippen molar-refractivity contribution in [2.75, 3.05) is 6.61 Å². The molecular formula is C11H14ClNO. The first-order chi connectivity index (χ1) is 6.77. The molecule has 0 bridgehead atoms. The Hall–Kier alpha value is -0.570. The monoisotopic (exact) mass is 211 g/mol. The summed E-state index contributed by atoms with van der Waals surface area (Å²) >= 11 is 5.80. The fourth-order valence-electron chi connectivity index (χ4n) is 1.79. The van der Waals surface area contributed by atoms with E-state index in [1.165, 1.54) is 0 Å². The van der Waals surface area contributed by atoms with Crippen LogP contribution in [0.15, 0.2) is 24.3 Å². The molecule has 2 nitrogen and oxygen atoms in total. The van der Waals surface area contributed by atoms with Crippen molar-refractivity contribution >= 4 is 11.6 Å². The molecule has 2 atom stereocenters. The van der Waals surface area contributed by atoms with E-state index < -0.39 is 0 Å². The summed E-state index contributed by atoms with van der Waals surface area (Å²) in [5.74, 6) is 0. The third kappa shape index (κ3) is 2.08. The quantitative estimate of drug-likeness (QED) is 0.816. The lowest BCUT2D eigenvalue weighted by atomic mass is 10.0. The van der Waals surface area contributed by atoms with Crippen molar-refractivity contribution in [1.82, 2.24) is 0 Å². The molecule has 0 aliphatic carbocycles. The molecule has 1 aliphatic rings. The van der Waals surface area contributed by atoms with Crippen LogP contribution in [0.2, 0.25) is 5.02 Å². The second-order valence-corrected chi connectivity index (χ2v) is 4.07. The number of rotatable bonds is 2. The van der Waals surface area contributed by atoms with Crippen LogP contribution in [0.1, 0.15) is 24.4 Å². The van der Waals surface area contributed by atoms with Crippen LogP contribution in [0.5, 0.6) is 0 Å². The van der Waals surface area contributed by atoms with Gasteiger partial charge in [0, 0.05) is 11.6 Å². The minimum absolute atomic E-state index is 0.0187. The Kier molecular flexibility index (Phi) is 3.06. The van der Waals surface area contributed by atoms with Gasteiger partial charge in [0.2, 0.25) is 0 Å². The predicted molar refractivity (Wildman–Crippen MR) is 57.4 cm³/mol. The fraction of sp³-hybridized carbons (Fsp3) is 0.455. The number of hydrogen-bond acceptors (Lipinski definition) is 2. The summed E-state index contributed by atoms with van der Waals surface area (Å²) in [6, 6.07) is 7.65. The van der Waals surface area contributed by atoms with Gasteiger partial charge in [0.25, 0.3) is 0 Å². The third-order valence-electron chi connectivity index (χ3n) is 2.62. The molecule has 2 rings (SSSR count). The van der Waals surface area contributed by atoms with Crippen LogP contribution in [0.25, 0.3) is 0 Å². The van der Waals surface area contributed by atoms with Crippen LogP contribution in [-0.2, 0) is 4.74 Å². The number of ether oxygens (including phenoxy) is 1. The van der Waals surface area contributed by atoms with E-state index in [0.29, 0.717) is 0 Å². The topological polar surface area (TPSA) is 35.2 Å². The Morgan fingerprint density at radius 1 is 1.36 bits per heavy atom. The summed E-state index contributed by atoms with van der Waals surface area (Å²) in [5.41, 5.74) is 7.18. The van der Waals surface area contributed by atoms with Crippen molar-refractivity contribution in [1.29, 1.82) is 0 Å². The average molecular weight is 212 g/mol.